The first-order valence-electron chi connectivity index (χ1n) is 7.76. The molecule has 2 heterocycles. The third kappa shape index (κ3) is 2.93. The summed E-state index contributed by atoms with van der Waals surface area (Å²) in [4.78, 5) is 28.8. The molecule has 0 unspecified atom stereocenters. The van der Waals surface area contributed by atoms with Gasteiger partial charge in [0.2, 0.25) is 5.91 Å². The minimum atomic E-state index is -3.34. The third-order valence-electron chi connectivity index (χ3n) is 4.62. The normalized spacial score (nSPS) is 23.9. The molecule has 9 nitrogen and oxygen atoms in total. The number of ether oxygens (including phenoxy) is 1. The summed E-state index contributed by atoms with van der Waals surface area (Å²) >= 11 is 0. The summed E-state index contributed by atoms with van der Waals surface area (Å²) in [5, 5.41) is 3.51. The van der Waals surface area contributed by atoms with E-state index in [0.717, 1.165) is 4.90 Å². The van der Waals surface area contributed by atoms with Gasteiger partial charge in [-0.3, -0.25) is 4.79 Å². The molecular formula is C16H16N4O5S. The van der Waals surface area contributed by atoms with Gasteiger partial charge in [0.1, 0.15) is 18.7 Å². The summed E-state index contributed by atoms with van der Waals surface area (Å²) < 4.78 is 28.3. The van der Waals surface area contributed by atoms with Crippen LogP contribution >= 0.6 is 0 Å². The predicted molar refractivity (Wildman–Crippen MR) is 91.6 cm³/mol. The molecule has 1 aromatic rings. The Morgan fingerprint density at radius 3 is 2.62 bits per heavy atom. The number of carbonyl (C=O) groups is 2. The van der Waals surface area contributed by atoms with Crippen LogP contribution in [0, 0.1) is 5.41 Å². The molecule has 1 aromatic carbocycles. The van der Waals surface area contributed by atoms with Crippen molar-refractivity contribution in [2.75, 3.05) is 18.1 Å². The second kappa shape index (κ2) is 6.47. The maximum atomic E-state index is 13.1. The number of nitrogens with zero attached hydrogens (tertiary/aromatic N) is 4. The van der Waals surface area contributed by atoms with Crippen LogP contribution in [0.1, 0.15) is 11.6 Å². The van der Waals surface area contributed by atoms with E-state index in [1.165, 1.54) is 6.08 Å². The van der Waals surface area contributed by atoms with Crippen LogP contribution in [0.5, 0.6) is 0 Å². The van der Waals surface area contributed by atoms with Crippen molar-refractivity contribution in [3.05, 3.63) is 59.0 Å². The molecule has 2 aliphatic heterocycles. The molecule has 2 amide bonds. The van der Waals surface area contributed by atoms with Gasteiger partial charge in [0.05, 0.1) is 11.5 Å². The standard InChI is InChI=1S/C16H16N4O5S/c1-2-16(9-26(23,24)10-16)13(18-19-17)14(21)20-12(8-25-15(20)22)11-6-4-3-5-7-11/h2-7,12-13H,1,8-10H2/t12-,13-/m1/s1. The third-order valence-corrected chi connectivity index (χ3v) is 6.58. The first kappa shape index (κ1) is 18.0. The van der Waals surface area contributed by atoms with Crippen LogP contribution in [-0.2, 0) is 19.4 Å². The number of rotatable bonds is 5. The van der Waals surface area contributed by atoms with Gasteiger partial charge >= 0.3 is 6.09 Å². The molecule has 0 aromatic heterocycles. The minimum Gasteiger partial charge on any atom is -0.446 e. The van der Waals surface area contributed by atoms with E-state index in [1.54, 1.807) is 30.3 Å². The number of hydrogen-bond acceptors (Lipinski definition) is 6. The molecule has 2 fully saturated rings. The van der Waals surface area contributed by atoms with Gasteiger partial charge in [0, 0.05) is 10.3 Å². The number of hydrogen-bond donors (Lipinski definition) is 0. The lowest BCUT2D eigenvalue weighted by Gasteiger charge is -2.42. The summed E-state index contributed by atoms with van der Waals surface area (Å²) in [5.74, 6) is -1.52. The highest BCUT2D eigenvalue weighted by molar-refractivity contribution is 7.92. The van der Waals surface area contributed by atoms with Gasteiger partial charge in [0.25, 0.3) is 0 Å². The molecule has 26 heavy (non-hydrogen) atoms. The molecule has 0 aliphatic carbocycles. The summed E-state index contributed by atoms with van der Waals surface area (Å²) in [6.07, 6.45) is 0.452. The zero-order chi connectivity index (χ0) is 18.9. The fourth-order valence-electron chi connectivity index (χ4n) is 3.34. The molecule has 3 rings (SSSR count). The maximum Gasteiger partial charge on any atom is 0.417 e. The van der Waals surface area contributed by atoms with Gasteiger partial charge < -0.3 is 4.74 Å². The van der Waals surface area contributed by atoms with Crippen molar-refractivity contribution in [3.8, 4) is 0 Å². The fraction of sp³-hybridized carbons (Fsp3) is 0.375. The zero-order valence-corrected chi connectivity index (χ0v) is 14.5. The Morgan fingerprint density at radius 1 is 1.42 bits per heavy atom. The quantitative estimate of drug-likeness (QED) is 0.336. The van der Waals surface area contributed by atoms with E-state index < -0.39 is 39.3 Å². The van der Waals surface area contributed by atoms with E-state index in [9.17, 15) is 18.0 Å². The van der Waals surface area contributed by atoms with Crippen molar-refractivity contribution >= 4 is 21.8 Å². The van der Waals surface area contributed by atoms with E-state index in [-0.39, 0.29) is 18.1 Å². The zero-order valence-electron chi connectivity index (χ0n) is 13.7. The minimum absolute atomic E-state index is 0.0308. The Balaban J connectivity index is 1.97. The Bertz CT molecular complexity index is 896. The van der Waals surface area contributed by atoms with E-state index in [0.29, 0.717) is 5.56 Å². The molecule has 10 heteroatoms. The molecule has 0 saturated carbocycles. The van der Waals surface area contributed by atoms with Crippen LogP contribution in [0.15, 0.2) is 48.1 Å². The highest BCUT2D eigenvalue weighted by Gasteiger charge is 2.56. The number of azide groups is 1. The fourth-order valence-corrected chi connectivity index (χ4v) is 5.45. The van der Waals surface area contributed by atoms with Gasteiger partial charge in [-0.1, -0.05) is 41.5 Å². The Hall–Kier alpha value is -2.84. The van der Waals surface area contributed by atoms with Crippen LogP contribution < -0.4 is 0 Å². The van der Waals surface area contributed by atoms with Crippen LogP contribution in [0.2, 0.25) is 0 Å². The average molecular weight is 376 g/mol. The number of amides is 2. The topological polar surface area (TPSA) is 130 Å². The molecule has 0 radical (unpaired) electrons. The first-order valence-corrected chi connectivity index (χ1v) is 9.59. The molecule has 136 valence electrons. The van der Waals surface area contributed by atoms with Crippen molar-refractivity contribution in [2.45, 2.75) is 12.1 Å². The molecule has 2 atom stereocenters. The smallest absolute Gasteiger partial charge is 0.417 e. The van der Waals surface area contributed by atoms with E-state index >= 15 is 0 Å². The van der Waals surface area contributed by atoms with Gasteiger partial charge in [0.15, 0.2) is 9.84 Å². The molecule has 2 aliphatic rings. The summed E-state index contributed by atoms with van der Waals surface area (Å²) in [6, 6.07) is 6.72. The number of imide groups is 1. The lowest BCUT2D eigenvalue weighted by atomic mass is 9.82. The molecular weight excluding hydrogens is 360 g/mol. The lowest BCUT2D eigenvalue weighted by Crippen LogP contribution is -2.59. The van der Waals surface area contributed by atoms with Crippen molar-refractivity contribution < 1.29 is 22.7 Å². The molecule has 2 saturated heterocycles. The summed E-state index contributed by atoms with van der Waals surface area (Å²) in [5.41, 5.74) is 8.32. The van der Waals surface area contributed by atoms with Crippen molar-refractivity contribution in [1.29, 1.82) is 0 Å². The lowest BCUT2D eigenvalue weighted by molar-refractivity contribution is -0.132. The van der Waals surface area contributed by atoms with E-state index in [1.807, 2.05) is 0 Å². The van der Waals surface area contributed by atoms with E-state index in [2.05, 4.69) is 16.6 Å². The van der Waals surface area contributed by atoms with Crippen molar-refractivity contribution in [3.63, 3.8) is 0 Å². The van der Waals surface area contributed by atoms with E-state index in [4.69, 9.17) is 10.3 Å². The first-order chi connectivity index (χ1) is 12.3. The van der Waals surface area contributed by atoms with Crippen molar-refractivity contribution in [2.24, 2.45) is 10.5 Å². The maximum absolute atomic E-state index is 13.1. The molecule has 0 spiro atoms. The largest absolute Gasteiger partial charge is 0.446 e. The van der Waals surface area contributed by atoms with Crippen molar-refractivity contribution in [1.82, 2.24) is 4.90 Å². The SMILES string of the molecule is C=CC1([C@H](N=[N+]=[N-])C(=O)N2C(=O)OC[C@@H]2c2ccccc2)CS(=O)(=O)C1. The second-order valence-corrected chi connectivity index (χ2v) is 8.35. The Morgan fingerprint density at radius 2 is 2.08 bits per heavy atom. The number of benzene rings is 1. The molecule has 0 bridgehead atoms. The highest BCUT2D eigenvalue weighted by Crippen LogP contribution is 2.41. The van der Waals surface area contributed by atoms with Crippen LogP contribution in [-0.4, -0.2) is 49.5 Å². The summed E-state index contributed by atoms with van der Waals surface area (Å²) in [7, 11) is -3.34. The number of cyclic esters (lactones) is 1. The number of sulfone groups is 1. The van der Waals surface area contributed by atoms with Gasteiger partial charge in [-0.2, -0.15) is 0 Å². The predicted octanol–water partition coefficient (Wildman–Crippen LogP) is 1.99. The number of carbonyl (C=O) groups excluding carboxylic acids is 2. The Labute approximate surface area is 149 Å². The Kier molecular flexibility index (Phi) is 4.47. The highest BCUT2D eigenvalue weighted by atomic mass is 32.2. The van der Waals surface area contributed by atoms with Gasteiger partial charge in [-0.15, -0.1) is 6.58 Å². The van der Waals surface area contributed by atoms with Gasteiger partial charge in [-0.25, -0.2) is 18.1 Å². The van der Waals surface area contributed by atoms with Gasteiger partial charge in [-0.05, 0) is 11.1 Å². The molecule has 0 N–H and O–H groups in total. The van der Waals surface area contributed by atoms with Crippen LogP contribution in [0.4, 0.5) is 4.79 Å². The monoisotopic (exact) mass is 376 g/mol. The second-order valence-electron chi connectivity index (χ2n) is 6.29. The van der Waals surface area contributed by atoms with Crippen LogP contribution in [0.3, 0.4) is 0 Å². The van der Waals surface area contributed by atoms with Crippen LogP contribution in [0.25, 0.3) is 10.4 Å². The average Bonchev–Trinajstić information content (AvgIpc) is 2.99. The summed E-state index contributed by atoms with van der Waals surface area (Å²) in [6.45, 7) is 3.56.